The number of aryl methyl sites for hydroxylation is 1. The quantitative estimate of drug-likeness (QED) is 0.909. The van der Waals surface area contributed by atoms with Gasteiger partial charge in [0.05, 0.1) is 0 Å². The molecule has 0 aliphatic carbocycles. The highest BCUT2D eigenvalue weighted by Gasteiger charge is 2.48. The zero-order valence-corrected chi connectivity index (χ0v) is 12.8. The number of nitrogens with zero attached hydrogens (tertiary/aromatic N) is 2. The van der Waals surface area contributed by atoms with Gasteiger partial charge in [0.1, 0.15) is 0 Å². The van der Waals surface area contributed by atoms with Gasteiger partial charge in [0.15, 0.2) is 0 Å². The summed E-state index contributed by atoms with van der Waals surface area (Å²) in [6.07, 6.45) is 2.63. The third kappa shape index (κ3) is 2.39. The number of fused-ring (bicyclic) bond motifs is 3. The summed E-state index contributed by atoms with van der Waals surface area (Å²) in [7, 11) is 2.26. The SMILES string of the molecule is Cc1ccc(CN(C)C2(CN)CN3CCC2CC3)cc1. The standard InChI is InChI=1S/C17H27N3/c1-14-3-5-15(6-4-14)11-19(2)17(12-18)13-20-9-7-16(17)8-10-20/h3-6,16H,7-13,18H2,1-2H3. The maximum atomic E-state index is 6.24. The summed E-state index contributed by atoms with van der Waals surface area (Å²) in [6.45, 7) is 7.60. The zero-order chi connectivity index (χ0) is 14.2. The van der Waals surface area contributed by atoms with Gasteiger partial charge >= 0.3 is 0 Å². The topological polar surface area (TPSA) is 32.5 Å². The van der Waals surface area contributed by atoms with Gasteiger partial charge in [-0.25, -0.2) is 0 Å². The Hall–Kier alpha value is -0.900. The number of rotatable bonds is 4. The molecule has 0 aromatic heterocycles. The van der Waals surface area contributed by atoms with Gasteiger partial charge in [0.2, 0.25) is 0 Å². The molecule has 3 nitrogen and oxygen atoms in total. The van der Waals surface area contributed by atoms with Crippen molar-refractivity contribution in [3.63, 3.8) is 0 Å². The molecule has 3 aliphatic rings. The maximum absolute atomic E-state index is 6.24. The van der Waals surface area contributed by atoms with Crippen molar-refractivity contribution >= 4 is 0 Å². The summed E-state index contributed by atoms with van der Waals surface area (Å²) in [5.41, 5.74) is 9.13. The van der Waals surface area contributed by atoms with E-state index in [9.17, 15) is 0 Å². The van der Waals surface area contributed by atoms with Crippen LogP contribution in [0.3, 0.4) is 0 Å². The molecule has 1 aromatic carbocycles. The van der Waals surface area contributed by atoms with E-state index in [4.69, 9.17) is 5.73 Å². The Labute approximate surface area is 122 Å². The number of nitrogens with two attached hydrogens (primary N) is 1. The number of benzene rings is 1. The van der Waals surface area contributed by atoms with E-state index in [1.54, 1.807) is 0 Å². The van der Waals surface area contributed by atoms with Crippen molar-refractivity contribution in [2.45, 2.75) is 31.8 Å². The van der Waals surface area contributed by atoms with Crippen LogP contribution in [0, 0.1) is 12.8 Å². The van der Waals surface area contributed by atoms with Crippen LogP contribution in [0.4, 0.5) is 0 Å². The summed E-state index contributed by atoms with van der Waals surface area (Å²) >= 11 is 0. The van der Waals surface area contributed by atoms with Gasteiger partial charge in [0, 0.05) is 25.2 Å². The van der Waals surface area contributed by atoms with Crippen molar-refractivity contribution in [3.8, 4) is 0 Å². The lowest BCUT2D eigenvalue weighted by atomic mass is 9.71. The first-order chi connectivity index (χ1) is 9.64. The van der Waals surface area contributed by atoms with Crippen LogP contribution in [0.15, 0.2) is 24.3 Å². The molecule has 110 valence electrons. The first kappa shape index (κ1) is 14.1. The third-order valence-corrected chi connectivity index (χ3v) is 5.50. The highest BCUT2D eigenvalue weighted by molar-refractivity contribution is 5.21. The lowest BCUT2D eigenvalue weighted by molar-refractivity contribution is -0.0596. The van der Waals surface area contributed by atoms with Gasteiger partial charge in [-0.3, -0.25) is 4.90 Å². The molecule has 3 saturated heterocycles. The van der Waals surface area contributed by atoms with E-state index in [1.165, 1.54) is 37.1 Å². The van der Waals surface area contributed by atoms with Crippen LogP contribution in [0.2, 0.25) is 0 Å². The van der Waals surface area contributed by atoms with Gasteiger partial charge in [-0.2, -0.15) is 0 Å². The maximum Gasteiger partial charge on any atom is 0.0487 e. The normalized spacial score (nSPS) is 32.8. The van der Waals surface area contributed by atoms with E-state index in [1.807, 2.05) is 0 Å². The Kier molecular flexibility index (Phi) is 3.85. The van der Waals surface area contributed by atoms with Crippen LogP contribution in [0.1, 0.15) is 24.0 Å². The highest BCUT2D eigenvalue weighted by Crippen LogP contribution is 2.39. The first-order valence-corrected chi connectivity index (χ1v) is 7.83. The number of piperidine rings is 3. The van der Waals surface area contributed by atoms with Crippen molar-refractivity contribution in [2.75, 3.05) is 33.2 Å². The van der Waals surface area contributed by atoms with Gasteiger partial charge in [0.25, 0.3) is 0 Å². The fourth-order valence-electron chi connectivity index (χ4n) is 4.09. The summed E-state index contributed by atoms with van der Waals surface area (Å²) in [5, 5.41) is 0. The van der Waals surface area contributed by atoms with Crippen LogP contribution in [0.25, 0.3) is 0 Å². The van der Waals surface area contributed by atoms with E-state index >= 15 is 0 Å². The molecule has 1 atom stereocenters. The minimum Gasteiger partial charge on any atom is -0.329 e. The minimum atomic E-state index is 0.182. The highest BCUT2D eigenvalue weighted by atomic mass is 15.3. The van der Waals surface area contributed by atoms with E-state index in [0.29, 0.717) is 0 Å². The van der Waals surface area contributed by atoms with Crippen LogP contribution in [0.5, 0.6) is 0 Å². The molecule has 20 heavy (non-hydrogen) atoms. The molecule has 0 radical (unpaired) electrons. The lowest BCUT2D eigenvalue weighted by Gasteiger charge is -2.57. The van der Waals surface area contributed by atoms with E-state index < -0.39 is 0 Å². The molecule has 3 heteroatoms. The fourth-order valence-corrected chi connectivity index (χ4v) is 4.09. The van der Waals surface area contributed by atoms with Crippen LogP contribution in [-0.2, 0) is 6.54 Å². The van der Waals surface area contributed by atoms with E-state index in [-0.39, 0.29) is 5.54 Å². The van der Waals surface area contributed by atoms with E-state index in [0.717, 1.165) is 25.6 Å². The fraction of sp³-hybridized carbons (Fsp3) is 0.647. The molecular formula is C17H27N3. The zero-order valence-electron chi connectivity index (χ0n) is 12.8. The number of likely N-dealkylation sites (N-methyl/N-ethyl adjacent to an activating group) is 1. The molecule has 3 aliphatic heterocycles. The van der Waals surface area contributed by atoms with Crippen molar-refractivity contribution in [3.05, 3.63) is 35.4 Å². The summed E-state index contributed by atoms with van der Waals surface area (Å²) in [4.78, 5) is 5.12. The lowest BCUT2D eigenvalue weighted by Crippen LogP contribution is -2.69. The molecule has 4 rings (SSSR count). The van der Waals surface area contributed by atoms with Gasteiger partial charge < -0.3 is 10.6 Å². The van der Waals surface area contributed by atoms with Gasteiger partial charge in [-0.1, -0.05) is 29.8 Å². The molecule has 0 spiro atoms. The molecule has 0 saturated carbocycles. The summed E-state index contributed by atoms with van der Waals surface area (Å²) in [6, 6.07) is 8.90. The van der Waals surface area contributed by atoms with E-state index in [2.05, 4.69) is 48.0 Å². The monoisotopic (exact) mass is 273 g/mol. The minimum absolute atomic E-state index is 0.182. The Balaban J connectivity index is 1.77. The molecule has 3 heterocycles. The molecule has 0 amide bonds. The molecule has 1 aromatic rings. The van der Waals surface area contributed by atoms with Crippen LogP contribution >= 0.6 is 0 Å². The molecule has 3 fully saturated rings. The predicted octanol–water partition coefficient (Wildman–Crippen LogP) is 1.85. The summed E-state index contributed by atoms with van der Waals surface area (Å²) < 4.78 is 0. The third-order valence-electron chi connectivity index (χ3n) is 5.50. The second-order valence-corrected chi connectivity index (χ2v) is 6.70. The van der Waals surface area contributed by atoms with Crippen LogP contribution < -0.4 is 5.73 Å². The average molecular weight is 273 g/mol. The van der Waals surface area contributed by atoms with Crippen molar-refractivity contribution < 1.29 is 0 Å². The first-order valence-electron chi connectivity index (χ1n) is 7.83. The second-order valence-electron chi connectivity index (χ2n) is 6.70. The molecule has 2 N–H and O–H groups in total. The average Bonchev–Trinajstić information content (AvgIpc) is 2.50. The van der Waals surface area contributed by atoms with Crippen molar-refractivity contribution in [1.29, 1.82) is 0 Å². The van der Waals surface area contributed by atoms with Crippen molar-refractivity contribution in [2.24, 2.45) is 11.7 Å². The summed E-state index contributed by atoms with van der Waals surface area (Å²) in [5.74, 6) is 0.771. The molecular weight excluding hydrogens is 246 g/mol. The van der Waals surface area contributed by atoms with Gasteiger partial charge in [-0.05, 0) is 51.4 Å². The Morgan fingerprint density at radius 2 is 1.90 bits per heavy atom. The van der Waals surface area contributed by atoms with Gasteiger partial charge in [-0.15, -0.1) is 0 Å². The van der Waals surface area contributed by atoms with Crippen LogP contribution in [-0.4, -0.2) is 48.6 Å². The smallest absolute Gasteiger partial charge is 0.0487 e. The molecule has 2 bridgehead atoms. The largest absolute Gasteiger partial charge is 0.329 e. The van der Waals surface area contributed by atoms with Crippen molar-refractivity contribution in [1.82, 2.24) is 9.80 Å². The second kappa shape index (κ2) is 5.47. The Bertz CT molecular complexity index is 448. The molecule has 1 unspecified atom stereocenters. The number of hydrogen-bond acceptors (Lipinski definition) is 3. The Morgan fingerprint density at radius 3 is 2.40 bits per heavy atom. The Morgan fingerprint density at radius 1 is 1.25 bits per heavy atom. The number of hydrogen-bond donors (Lipinski definition) is 1. The predicted molar refractivity (Wildman–Crippen MR) is 83.6 cm³/mol.